The van der Waals surface area contributed by atoms with Crippen LogP contribution in [-0.2, 0) is 21.3 Å². The van der Waals surface area contributed by atoms with E-state index in [1.54, 1.807) is 35.7 Å². The number of ether oxygens (including phenoxy) is 1. The Kier molecular flexibility index (Phi) is 6.59. The fourth-order valence-corrected chi connectivity index (χ4v) is 4.13. The SMILES string of the molecule is COCC(C)NC(N)=NCc1ccc(S(=O)(=O)N2CCCC2)cc1. The molecule has 0 amide bonds. The Balaban J connectivity index is 1.97. The highest BCUT2D eigenvalue weighted by Crippen LogP contribution is 2.21. The Bertz CT molecular complexity index is 652. The van der Waals surface area contributed by atoms with Gasteiger partial charge in [-0.05, 0) is 37.5 Å². The highest BCUT2D eigenvalue weighted by molar-refractivity contribution is 7.89. The first-order valence-electron chi connectivity index (χ1n) is 8.08. The molecule has 1 unspecified atom stereocenters. The molecular formula is C16H26N4O3S. The molecule has 1 fully saturated rings. The number of nitrogens with two attached hydrogens (primary N) is 1. The zero-order valence-corrected chi connectivity index (χ0v) is 15.1. The number of nitrogens with one attached hydrogen (secondary N) is 1. The van der Waals surface area contributed by atoms with Crippen molar-refractivity contribution < 1.29 is 13.2 Å². The number of aliphatic imine (C=N–C) groups is 1. The summed E-state index contributed by atoms with van der Waals surface area (Å²) in [5.41, 5.74) is 6.72. The summed E-state index contributed by atoms with van der Waals surface area (Å²) in [4.78, 5) is 4.58. The lowest BCUT2D eigenvalue weighted by molar-refractivity contribution is 0.179. The summed E-state index contributed by atoms with van der Waals surface area (Å²) < 4.78 is 31.5. The molecule has 1 saturated heterocycles. The van der Waals surface area contributed by atoms with E-state index in [4.69, 9.17) is 10.5 Å². The molecule has 134 valence electrons. The molecule has 24 heavy (non-hydrogen) atoms. The van der Waals surface area contributed by atoms with Crippen molar-refractivity contribution in [3.05, 3.63) is 29.8 Å². The molecule has 3 N–H and O–H groups in total. The highest BCUT2D eigenvalue weighted by Gasteiger charge is 2.26. The minimum atomic E-state index is -3.36. The van der Waals surface area contributed by atoms with Crippen LogP contribution in [0.1, 0.15) is 25.3 Å². The number of rotatable bonds is 7. The zero-order chi connectivity index (χ0) is 17.6. The first kappa shape index (κ1) is 18.7. The lowest BCUT2D eigenvalue weighted by Crippen LogP contribution is -2.40. The average molecular weight is 354 g/mol. The van der Waals surface area contributed by atoms with Gasteiger partial charge in [0.1, 0.15) is 0 Å². The molecule has 0 aliphatic carbocycles. The summed E-state index contributed by atoms with van der Waals surface area (Å²) in [7, 11) is -1.73. The predicted octanol–water partition coefficient (Wildman–Crippen LogP) is 0.910. The molecule has 1 atom stereocenters. The number of benzene rings is 1. The van der Waals surface area contributed by atoms with E-state index in [-0.39, 0.29) is 6.04 Å². The van der Waals surface area contributed by atoms with Crippen molar-refractivity contribution in [1.29, 1.82) is 0 Å². The lowest BCUT2D eigenvalue weighted by atomic mass is 10.2. The normalized spacial score (nSPS) is 17.8. The molecule has 1 aromatic rings. The maximum atomic E-state index is 12.5. The van der Waals surface area contributed by atoms with Gasteiger partial charge in [-0.3, -0.25) is 0 Å². The smallest absolute Gasteiger partial charge is 0.243 e. The first-order chi connectivity index (χ1) is 11.4. The number of nitrogens with zero attached hydrogens (tertiary/aromatic N) is 2. The molecular weight excluding hydrogens is 328 g/mol. The van der Waals surface area contributed by atoms with Gasteiger partial charge in [-0.1, -0.05) is 12.1 Å². The van der Waals surface area contributed by atoms with E-state index in [2.05, 4.69) is 10.3 Å². The Morgan fingerprint density at radius 2 is 1.96 bits per heavy atom. The van der Waals surface area contributed by atoms with Crippen LogP contribution < -0.4 is 11.1 Å². The third-order valence-corrected chi connectivity index (χ3v) is 5.78. The second-order valence-electron chi connectivity index (χ2n) is 5.96. The van der Waals surface area contributed by atoms with Gasteiger partial charge in [-0.15, -0.1) is 0 Å². The molecule has 0 spiro atoms. The van der Waals surface area contributed by atoms with E-state index in [0.717, 1.165) is 18.4 Å². The van der Waals surface area contributed by atoms with E-state index in [9.17, 15) is 8.42 Å². The van der Waals surface area contributed by atoms with E-state index >= 15 is 0 Å². The topological polar surface area (TPSA) is 97.0 Å². The van der Waals surface area contributed by atoms with Crippen LogP contribution in [-0.4, -0.2) is 51.5 Å². The summed E-state index contributed by atoms with van der Waals surface area (Å²) >= 11 is 0. The largest absolute Gasteiger partial charge is 0.383 e. The molecule has 2 rings (SSSR count). The summed E-state index contributed by atoms with van der Waals surface area (Å²) in [6.07, 6.45) is 1.86. The predicted molar refractivity (Wildman–Crippen MR) is 94.2 cm³/mol. The number of hydrogen-bond donors (Lipinski definition) is 2. The molecule has 0 bridgehead atoms. The third-order valence-electron chi connectivity index (χ3n) is 3.87. The Morgan fingerprint density at radius 3 is 2.54 bits per heavy atom. The van der Waals surface area contributed by atoms with Crippen molar-refractivity contribution in [2.24, 2.45) is 10.7 Å². The summed E-state index contributed by atoms with van der Waals surface area (Å²) in [6, 6.07) is 6.90. The number of guanidine groups is 1. The van der Waals surface area contributed by atoms with E-state index in [1.165, 1.54) is 0 Å². The van der Waals surface area contributed by atoms with E-state index < -0.39 is 10.0 Å². The number of sulfonamides is 1. The van der Waals surface area contributed by atoms with Crippen LogP contribution in [0.4, 0.5) is 0 Å². The van der Waals surface area contributed by atoms with Crippen molar-refractivity contribution in [2.45, 2.75) is 37.2 Å². The van der Waals surface area contributed by atoms with Crippen LogP contribution in [0, 0.1) is 0 Å². The molecule has 0 aromatic heterocycles. The molecule has 1 heterocycles. The Morgan fingerprint density at radius 1 is 1.33 bits per heavy atom. The van der Waals surface area contributed by atoms with Gasteiger partial charge in [0.2, 0.25) is 10.0 Å². The quantitative estimate of drug-likeness (QED) is 0.560. The molecule has 0 saturated carbocycles. The molecule has 8 heteroatoms. The summed E-state index contributed by atoms with van der Waals surface area (Å²) in [5, 5.41) is 3.02. The van der Waals surface area contributed by atoms with Gasteiger partial charge in [0.05, 0.1) is 18.0 Å². The van der Waals surface area contributed by atoms with Crippen LogP contribution in [0.2, 0.25) is 0 Å². The molecule has 7 nitrogen and oxygen atoms in total. The van der Waals surface area contributed by atoms with Crippen molar-refractivity contribution in [3.8, 4) is 0 Å². The Hall–Kier alpha value is -1.64. The van der Waals surface area contributed by atoms with Crippen LogP contribution in [0.3, 0.4) is 0 Å². The van der Waals surface area contributed by atoms with Gasteiger partial charge >= 0.3 is 0 Å². The highest BCUT2D eigenvalue weighted by atomic mass is 32.2. The second kappa shape index (κ2) is 8.46. The van der Waals surface area contributed by atoms with Crippen molar-refractivity contribution in [1.82, 2.24) is 9.62 Å². The third kappa shape index (κ3) is 4.93. The molecule has 1 aliphatic rings. The van der Waals surface area contributed by atoms with E-state index in [0.29, 0.717) is 37.1 Å². The molecule has 1 aliphatic heterocycles. The maximum Gasteiger partial charge on any atom is 0.243 e. The van der Waals surface area contributed by atoms with Crippen molar-refractivity contribution >= 4 is 16.0 Å². The van der Waals surface area contributed by atoms with E-state index in [1.807, 2.05) is 6.92 Å². The zero-order valence-electron chi connectivity index (χ0n) is 14.2. The van der Waals surface area contributed by atoms with Crippen LogP contribution >= 0.6 is 0 Å². The lowest BCUT2D eigenvalue weighted by Gasteiger charge is -2.15. The summed E-state index contributed by atoms with van der Waals surface area (Å²) in [5.74, 6) is 0.341. The van der Waals surface area contributed by atoms with Crippen LogP contribution in [0.25, 0.3) is 0 Å². The molecule has 1 aromatic carbocycles. The van der Waals surface area contributed by atoms with Gasteiger partial charge in [-0.2, -0.15) is 4.31 Å². The Labute approximate surface area is 143 Å². The van der Waals surface area contributed by atoms with Gasteiger partial charge in [-0.25, -0.2) is 13.4 Å². The molecule has 0 radical (unpaired) electrons. The summed E-state index contributed by atoms with van der Waals surface area (Å²) in [6.45, 7) is 4.10. The fourth-order valence-electron chi connectivity index (χ4n) is 2.61. The first-order valence-corrected chi connectivity index (χ1v) is 9.52. The average Bonchev–Trinajstić information content (AvgIpc) is 3.09. The second-order valence-corrected chi connectivity index (χ2v) is 7.90. The van der Waals surface area contributed by atoms with Gasteiger partial charge in [0.25, 0.3) is 0 Å². The van der Waals surface area contributed by atoms with Crippen molar-refractivity contribution in [3.63, 3.8) is 0 Å². The number of methoxy groups -OCH3 is 1. The maximum absolute atomic E-state index is 12.5. The van der Waals surface area contributed by atoms with Crippen LogP contribution in [0.15, 0.2) is 34.2 Å². The van der Waals surface area contributed by atoms with Gasteiger partial charge in [0, 0.05) is 26.2 Å². The van der Waals surface area contributed by atoms with Gasteiger partial charge in [0.15, 0.2) is 5.96 Å². The standard InChI is InChI=1S/C16H26N4O3S/c1-13(12-23-2)19-16(17)18-11-14-5-7-15(8-6-14)24(21,22)20-9-3-4-10-20/h5-8,13H,3-4,9-12H2,1-2H3,(H3,17,18,19). The van der Waals surface area contributed by atoms with Gasteiger partial charge < -0.3 is 15.8 Å². The minimum Gasteiger partial charge on any atom is -0.383 e. The monoisotopic (exact) mass is 354 g/mol. The fraction of sp³-hybridized carbons (Fsp3) is 0.562. The van der Waals surface area contributed by atoms with Crippen LogP contribution in [0.5, 0.6) is 0 Å². The minimum absolute atomic E-state index is 0.0757. The number of hydrogen-bond acceptors (Lipinski definition) is 4. The van der Waals surface area contributed by atoms with Crippen molar-refractivity contribution in [2.75, 3.05) is 26.8 Å².